The van der Waals surface area contributed by atoms with Gasteiger partial charge in [-0.25, -0.2) is 0 Å². The SMILES string of the molecule is CC(=O)c1ccc(C)n(CC(=O)N2CCCCC2)c1=O. The molecule has 1 aromatic heterocycles. The Bertz CT molecular complexity index is 583. The van der Waals surface area contributed by atoms with E-state index >= 15 is 0 Å². The zero-order valence-electron chi connectivity index (χ0n) is 12.0. The van der Waals surface area contributed by atoms with Gasteiger partial charge in [0.1, 0.15) is 6.54 Å². The average Bonchev–Trinajstić information content (AvgIpc) is 2.43. The van der Waals surface area contributed by atoms with Crippen LogP contribution in [-0.4, -0.2) is 34.2 Å². The van der Waals surface area contributed by atoms with Gasteiger partial charge in [-0.15, -0.1) is 0 Å². The highest BCUT2D eigenvalue weighted by Crippen LogP contribution is 2.09. The molecule has 1 fully saturated rings. The number of pyridine rings is 1. The van der Waals surface area contributed by atoms with Crippen LogP contribution in [-0.2, 0) is 11.3 Å². The van der Waals surface area contributed by atoms with Gasteiger partial charge in [0.15, 0.2) is 5.78 Å². The van der Waals surface area contributed by atoms with Crippen molar-refractivity contribution in [2.24, 2.45) is 0 Å². The zero-order chi connectivity index (χ0) is 14.7. The number of ketones is 1. The Kier molecular flexibility index (Phi) is 4.37. The predicted octanol–water partition coefficient (Wildman–Crippen LogP) is 1.37. The minimum atomic E-state index is -0.372. The number of Topliss-reactive ketones (excluding diaryl/α,β-unsaturated/α-hetero) is 1. The first-order valence-electron chi connectivity index (χ1n) is 7.00. The van der Waals surface area contributed by atoms with Crippen molar-refractivity contribution in [1.29, 1.82) is 0 Å². The molecule has 20 heavy (non-hydrogen) atoms. The summed E-state index contributed by atoms with van der Waals surface area (Å²) in [4.78, 5) is 37.7. The highest BCUT2D eigenvalue weighted by Gasteiger charge is 2.19. The molecule has 5 nitrogen and oxygen atoms in total. The Morgan fingerprint density at radius 1 is 1.15 bits per heavy atom. The molecule has 1 aromatic rings. The molecule has 0 atom stereocenters. The molecule has 0 radical (unpaired) electrons. The van der Waals surface area contributed by atoms with Crippen LogP contribution in [0.25, 0.3) is 0 Å². The summed E-state index contributed by atoms with van der Waals surface area (Å²) in [6, 6.07) is 3.24. The summed E-state index contributed by atoms with van der Waals surface area (Å²) in [5, 5.41) is 0. The lowest BCUT2D eigenvalue weighted by molar-refractivity contribution is -0.132. The summed E-state index contributed by atoms with van der Waals surface area (Å²) >= 11 is 0. The maximum Gasteiger partial charge on any atom is 0.262 e. The minimum absolute atomic E-state index is 0.0196. The number of nitrogens with zero attached hydrogens (tertiary/aromatic N) is 2. The normalized spacial score (nSPS) is 15.2. The maximum absolute atomic E-state index is 12.2. The van der Waals surface area contributed by atoms with Crippen molar-refractivity contribution in [3.05, 3.63) is 33.7 Å². The summed E-state index contributed by atoms with van der Waals surface area (Å²) in [6.07, 6.45) is 3.20. The van der Waals surface area contributed by atoms with E-state index in [9.17, 15) is 14.4 Å². The number of amides is 1. The highest BCUT2D eigenvalue weighted by atomic mass is 16.2. The van der Waals surface area contributed by atoms with E-state index in [1.807, 2.05) is 0 Å². The van der Waals surface area contributed by atoms with Gasteiger partial charge in [0, 0.05) is 18.8 Å². The fourth-order valence-electron chi connectivity index (χ4n) is 2.51. The Balaban J connectivity index is 2.24. The van der Waals surface area contributed by atoms with Crippen molar-refractivity contribution in [2.75, 3.05) is 13.1 Å². The van der Waals surface area contributed by atoms with E-state index in [-0.39, 0.29) is 29.4 Å². The second-order valence-electron chi connectivity index (χ2n) is 5.28. The first-order valence-corrected chi connectivity index (χ1v) is 7.00. The van der Waals surface area contributed by atoms with Gasteiger partial charge >= 0.3 is 0 Å². The van der Waals surface area contributed by atoms with Crippen molar-refractivity contribution in [1.82, 2.24) is 9.47 Å². The number of likely N-dealkylation sites (tertiary alicyclic amines) is 1. The number of carbonyl (C=O) groups excluding carboxylic acids is 2. The minimum Gasteiger partial charge on any atom is -0.341 e. The van der Waals surface area contributed by atoms with Gasteiger partial charge in [-0.1, -0.05) is 0 Å². The highest BCUT2D eigenvalue weighted by molar-refractivity contribution is 5.93. The average molecular weight is 276 g/mol. The molecule has 0 unspecified atom stereocenters. The summed E-state index contributed by atoms with van der Waals surface area (Å²) in [5.74, 6) is -0.315. The van der Waals surface area contributed by atoms with E-state index in [0.29, 0.717) is 5.69 Å². The number of rotatable bonds is 3. The lowest BCUT2D eigenvalue weighted by Gasteiger charge is -2.27. The summed E-state index contributed by atoms with van der Waals surface area (Å²) in [5.41, 5.74) is 0.468. The van der Waals surface area contributed by atoms with Crippen LogP contribution in [0.15, 0.2) is 16.9 Å². The van der Waals surface area contributed by atoms with E-state index in [2.05, 4.69) is 0 Å². The number of carbonyl (C=O) groups is 2. The van der Waals surface area contributed by atoms with Crippen LogP contribution in [0, 0.1) is 6.92 Å². The number of hydrogen-bond acceptors (Lipinski definition) is 3. The van der Waals surface area contributed by atoms with Gasteiger partial charge in [0.25, 0.3) is 5.56 Å². The molecule has 0 N–H and O–H groups in total. The molecule has 2 heterocycles. The van der Waals surface area contributed by atoms with Crippen LogP contribution >= 0.6 is 0 Å². The number of aromatic nitrogens is 1. The molecule has 1 aliphatic heterocycles. The van der Waals surface area contributed by atoms with Gasteiger partial charge in [0.05, 0.1) is 5.56 Å². The molecule has 0 spiro atoms. The third-order valence-corrected chi connectivity index (χ3v) is 3.77. The van der Waals surface area contributed by atoms with Crippen LogP contribution < -0.4 is 5.56 Å². The summed E-state index contributed by atoms with van der Waals surface area (Å²) in [7, 11) is 0. The third kappa shape index (κ3) is 2.98. The fraction of sp³-hybridized carbons (Fsp3) is 0.533. The summed E-state index contributed by atoms with van der Waals surface area (Å²) < 4.78 is 1.40. The molecule has 1 saturated heterocycles. The largest absolute Gasteiger partial charge is 0.341 e. The molecule has 0 aliphatic carbocycles. The molecular formula is C15H20N2O3. The third-order valence-electron chi connectivity index (χ3n) is 3.77. The van der Waals surface area contributed by atoms with E-state index in [1.54, 1.807) is 17.9 Å². The number of aryl methyl sites for hydroxylation is 1. The van der Waals surface area contributed by atoms with Gasteiger partial charge in [-0.3, -0.25) is 14.4 Å². The smallest absolute Gasteiger partial charge is 0.262 e. The molecule has 108 valence electrons. The molecule has 2 rings (SSSR count). The molecule has 0 bridgehead atoms. The lowest BCUT2D eigenvalue weighted by atomic mass is 10.1. The van der Waals surface area contributed by atoms with Gasteiger partial charge < -0.3 is 9.47 Å². The van der Waals surface area contributed by atoms with E-state index in [0.717, 1.165) is 32.4 Å². The standard InChI is InChI=1S/C15H20N2O3/c1-11-6-7-13(12(2)18)15(20)17(11)10-14(19)16-8-4-3-5-9-16/h6-7H,3-5,8-10H2,1-2H3. The Morgan fingerprint density at radius 2 is 1.80 bits per heavy atom. The predicted molar refractivity (Wildman–Crippen MR) is 75.9 cm³/mol. The van der Waals surface area contributed by atoms with E-state index in [1.165, 1.54) is 17.6 Å². The lowest BCUT2D eigenvalue weighted by Crippen LogP contribution is -2.40. The molecular weight excluding hydrogens is 256 g/mol. The number of hydrogen-bond donors (Lipinski definition) is 0. The number of piperidine rings is 1. The molecule has 0 aromatic carbocycles. The molecule has 1 aliphatic rings. The summed E-state index contributed by atoms with van der Waals surface area (Å²) in [6.45, 7) is 4.68. The van der Waals surface area contributed by atoms with Gasteiger partial charge in [-0.05, 0) is 45.2 Å². The van der Waals surface area contributed by atoms with Crippen LogP contribution in [0.4, 0.5) is 0 Å². The van der Waals surface area contributed by atoms with Gasteiger partial charge in [-0.2, -0.15) is 0 Å². The van der Waals surface area contributed by atoms with Crippen molar-refractivity contribution in [3.8, 4) is 0 Å². The second-order valence-corrected chi connectivity index (χ2v) is 5.28. The second kappa shape index (κ2) is 6.03. The van der Waals surface area contributed by atoms with Crippen LogP contribution in [0.5, 0.6) is 0 Å². The maximum atomic E-state index is 12.2. The van der Waals surface area contributed by atoms with Crippen molar-refractivity contribution in [3.63, 3.8) is 0 Å². The zero-order valence-corrected chi connectivity index (χ0v) is 12.0. The van der Waals surface area contributed by atoms with E-state index < -0.39 is 0 Å². The monoisotopic (exact) mass is 276 g/mol. The van der Waals surface area contributed by atoms with E-state index in [4.69, 9.17) is 0 Å². The Hall–Kier alpha value is -1.91. The van der Waals surface area contributed by atoms with Crippen molar-refractivity contribution >= 4 is 11.7 Å². The molecule has 1 amide bonds. The first kappa shape index (κ1) is 14.5. The topological polar surface area (TPSA) is 59.4 Å². The van der Waals surface area contributed by atoms with Crippen LogP contribution in [0.1, 0.15) is 42.2 Å². The Morgan fingerprint density at radius 3 is 2.40 bits per heavy atom. The van der Waals surface area contributed by atoms with Crippen LogP contribution in [0.3, 0.4) is 0 Å². The van der Waals surface area contributed by atoms with Crippen molar-refractivity contribution in [2.45, 2.75) is 39.7 Å². The first-order chi connectivity index (χ1) is 9.50. The molecule has 0 saturated carbocycles. The van der Waals surface area contributed by atoms with Crippen LogP contribution in [0.2, 0.25) is 0 Å². The molecule has 5 heteroatoms. The van der Waals surface area contributed by atoms with Crippen molar-refractivity contribution < 1.29 is 9.59 Å². The Labute approximate surface area is 118 Å². The quantitative estimate of drug-likeness (QED) is 0.783. The fourth-order valence-corrected chi connectivity index (χ4v) is 2.51. The van der Waals surface area contributed by atoms with Gasteiger partial charge in [0.2, 0.25) is 5.91 Å².